The summed E-state index contributed by atoms with van der Waals surface area (Å²) in [5.74, 6) is -1.00. The van der Waals surface area contributed by atoms with E-state index in [-0.39, 0.29) is 24.1 Å². The first-order valence-electron chi connectivity index (χ1n) is 9.40. The van der Waals surface area contributed by atoms with Crippen LogP contribution in [0.25, 0.3) is 0 Å². The van der Waals surface area contributed by atoms with Crippen LogP contribution in [0.2, 0.25) is 0 Å². The molecule has 0 bridgehead atoms. The molecule has 166 valence electrons. The number of aromatic nitrogens is 3. The van der Waals surface area contributed by atoms with Crippen LogP contribution in [0, 0.1) is 5.82 Å². The van der Waals surface area contributed by atoms with Crippen LogP contribution < -0.4 is 10.6 Å². The van der Waals surface area contributed by atoms with Crippen molar-refractivity contribution in [1.29, 1.82) is 0 Å². The molecule has 0 radical (unpaired) electrons. The van der Waals surface area contributed by atoms with Crippen molar-refractivity contribution < 1.29 is 23.5 Å². The number of hydrogen-bond acceptors (Lipinski definition) is 7. The molecular formula is C21H20FN5O4S. The quantitative estimate of drug-likeness (QED) is 0.394. The van der Waals surface area contributed by atoms with Gasteiger partial charge in [0, 0.05) is 18.3 Å². The number of amides is 2. The number of benzene rings is 2. The average Bonchev–Trinajstić information content (AvgIpc) is 3.15. The molecule has 9 nitrogen and oxygen atoms in total. The van der Waals surface area contributed by atoms with Gasteiger partial charge in [-0.1, -0.05) is 17.8 Å². The summed E-state index contributed by atoms with van der Waals surface area (Å²) in [5, 5.41) is 14.0. The lowest BCUT2D eigenvalue weighted by Crippen LogP contribution is -2.24. The van der Waals surface area contributed by atoms with Gasteiger partial charge in [0.05, 0.1) is 25.0 Å². The zero-order valence-corrected chi connectivity index (χ0v) is 18.1. The van der Waals surface area contributed by atoms with Crippen LogP contribution in [-0.4, -0.2) is 45.4 Å². The molecule has 2 aromatic carbocycles. The van der Waals surface area contributed by atoms with Crippen LogP contribution >= 0.6 is 11.8 Å². The molecule has 0 aliphatic heterocycles. The molecule has 0 aliphatic rings. The number of nitrogens with one attached hydrogen (secondary N) is 2. The van der Waals surface area contributed by atoms with E-state index in [1.165, 1.54) is 49.2 Å². The molecule has 2 N–H and O–H groups in total. The third-order valence-electron chi connectivity index (χ3n) is 4.34. The Hall–Kier alpha value is -3.73. The van der Waals surface area contributed by atoms with Gasteiger partial charge in [0.2, 0.25) is 5.91 Å². The number of ether oxygens (including phenoxy) is 1. The van der Waals surface area contributed by atoms with Crippen molar-refractivity contribution in [1.82, 2.24) is 20.1 Å². The van der Waals surface area contributed by atoms with Gasteiger partial charge in [-0.2, -0.15) is 0 Å². The smallest absolute Gasteiger partial charge is 0.337 e. The van der Waals surface area contributed by atoms with Crippen LogP contribution in [0.3, 0.4) is 0 Å². The molecule has 0 spiro atoms. The number of hydrogen-bond donors (Lipinski definition) is 2. The van der Waals surface area contributed by atoms with Crippen molar-refractivity contribution in [2.45, 2.75) is 11.7 Å². The van der Waals surface area contributed by atoms with Gasteiger partial charge in [-0.25, -0.2) is 9.18 Å². The predicted octanol–water partition coefficient (Wildman–Crippen LogP) is 2.40. The normalized spacial score (nSPS) is 10.5. The maximum Gasteiger partial charge on any atom is 0.337 e. The zero-order chi connectivity index (χ0) is 23.1. The lowest BCUT2D eigenvalue weighted by Gasteiger charge is -2.07. The lowest BCUT2D eigenvalue weighted by molar-refractivity contribution is -0.113. The summed E-state index contributed by atoms with van der Waals surface area (Å²) < 4.78 is 19.3. The van der Waals surface area contributed by atoms with E-state index >= 15 is 0 Å². The monoisotopic (exact) mass is 457 g/mol. The molecule has 0 unspecified atom stereocenters. The topological polar surface area (TPSA) is 115 Å². The van der Waals surface area contributed by atoms with Crippen molar-refractivity contribution in [2.75, 3.05) is 18.2 Å². The Morgan fingerprint density at radius 1 is 1.09 bits per heavy atom. The summed E-state index contributed by atoms with van der Waals surface area (Å²) in [6.45, 7) is 0.118. The molecule has 3 rings (SSSR count). The summed E-state index contributed by atoms with van der Waals surface area (Å²) in [6.07, 6.45) is 0. The molecule has 0 atom stereocenters. The summed E-state index contributed by atoms with van der Waals surface area (Å²) in [5.41, 5.74) is 1.13. The molecule has 0 fully saturated rings. The van der Waals surface area contributed by atoms with E-state index in [0.717, 1.165) is 0 Å². The fourth-order valence-electron chi connectivity index (χ4n) is 2.66. The largest absolute Gasteiger partial charge is 0.465 e. The number of nitrogens with zero attached hydrogens (tertiary/aromatic N) is 3. The molecule has 11 heteroatoms. The molecule has 32 heavy (non-hydrogen) atoms. The molecule has 0 saturated heterocycles. The summed E-state index contributed by atoms with van der Waals surface area (Å²) in [4.78, 5) is 36.0. The molecule has 3 aromatic rings. The third kappa shape index (κ3) is 5.91. The maximum atomic E-state index is 13.0. The standard InChI is InChI=1S/C21H20FN5O4S/c1-27-17(11-23-19(29)13-6-8-15(22)9-7-13)25-26-21(27)32-12-18(28)24-16-5-3-4-14(10-16)20(30)31-2/h3-10H,11-12H2,1-2H3,(H,23,29)(H,24,28). The zero-order valence-electron chi connectivity index (χ0n) is 17.3. The highest BCUT2D eigenvalue weighted by Crippen LogP contribution is 2.17. The van der Waals surface area contributed by atoms with E-state index in [4.69, 9.17) is 0 Å². The van der Waals surface area contributed by atoms with Crippen molar-refractivity contribution in [3.8, 4) is 0 Å². The number of anilines is 1. The van der Waals surface area contributed by atoms with Crippen LogP contribution in [0.5, 0.6) is 0 Å². The average molecular weight is 457 g/mol. The molecule has 1 aromatic heterocycles. The molecular weight excluding hydrogens is 437 g/mol. The summed E-state index contributed by atoms with van der Waals surface area (Å²) in [6, 6.07) is 11.6. The fraction of sp³-hybridized carbons (Fsp3) is 0.190. The van der Waals surface area contributed by atoms with E-state index in [1.807, 2.05) is 0 Å². The van der Waals surface area contributed by atoms with Gasteiger partial charge in [0.25, 0.3) is 5.91 Å². The Balaban J connectivity index is 1.52. The minimum absolute atomic E-state index is 0.0658. The Bertz CT molecular complexity index is 1130. The molecule has 1 heterocycles. The van der Waals surface area contributed by atoms with Gasteiger partial charge in [-0.3, -0.25) is 9.59 Å². The minimum atomic E-state index is -0.492. The second-order valence-corrected chi connectivity index (χ2v) is 7.50. The minimum Gasteiger partial charge on any atom is -0.465 e. The first-order valence-corrected chi connectivity index (χ1v) is 10.4. The predicted molar refractivity (Wildman–Crippen MR) is 116 cm³/mol. The molecule has 0 aliphatic carbocycles. The van der Waals surface area contributed by atoms with Crippen molar-refractivity contribution in [3.05, 3.63) is 71.3 Å². The number of carbonyl (C=O) groups excluding carboxylic acids is 3. The first kappa shape index (κ1) is 22.9. The van der Waals surface area contributed by atoms with Crippen LogP contribution in [0.15, 0.2) is 53.7 Å². The molecule has 0 saturated carbocycles. The van der Waals surface area contributed by atoms with E-state index in [9.17, 15) is 18.8 Å². The second kappa shape index (κ2) is 10.5. The van der Waals surface area contributed by atoms with E-state index < -0.39 is 11.8 Å². The van der Waals surface area contributed by atoms with Crippen LogP contribution in [-0.2, 0) is 23.1 Å². The highest BCUT2D eigenvalue weighted by molar-refractivity contribution is 7.99. The fourth-order valence-corrected chi connectivity index (χ4v) is 3.39. The van der Waals surface area contributed by atoms with Gasteiger partial charge >= 0.3 is 5.97 Å². The highest BCUT2D eigenvalue weighted by atomic mass is 32.2. The Morgan fingerprint density at radius 2 is 1.84 bits per heavy atom. The second-order valence-electron chi connectivity index (χ2n) is 6.56. The maximum absolute atomic E-state index is 13.0. The van der Waals surface area contributed by atoms with Gasteiger partial charge in [-0.15, -0.1) is 10.2 Å². The third-order valence-corrected chi connectivity index (χ3v) is 5.36. The summed E-state index contributed by atoms with van der Waals surface area (Å²) in [7, 11) is 3.01. The van der Waals surface area contributed by atoms with E-state index in [0.29, 0.717) is 27.8 Å². The number of rotatable bonds is 8. The van der Waals surface area contributed by atoms with Gasteiger partial charge in [-0.05, 0) is 42.5 Å². The van der Waals surface area contributed by atoms with Crippen molar-refractivity contribution in [3.63, 3.8) is 0 Å². The number of halogens is 1. The first-order chi connectivity index (χ1) is 15.4. The highest BCUT2D eigenvalue weighted by Gasteiger charge is 2.14. The van der Waals surface area contributed by atoms with Crippen LogP contribution in [0.1, 0.15) is 26.5 Å². The Morgan fingerprint density at radius 3 is 2.56 bits per heavy atom. The number of methoxy groups -OCH3 is 1. The number of carbonyl (C=O) groups is 3. The van der Waals surface area contributed by atoms with Gasteiger partial charge < -0.3 is 19.9 Å². The van der Waals surface area contributed by atoms with E-state index in [1.54, 1.807) is 29.8 Å². The Kier molecular flexibility index (Phi) is 7.55. The SMILES string of the molecule is COC(=O)c1cccc(NC(=O)CSc2nnc(CNC(=O)c3ccc(F)cc3)n2C)c1. The number of esters is 1. The lowest BCUT2D eigenvalue weighted by atomic mass is 10.2. The Labute approximate surface area is 187 Å². The summed E-state index contributed by atoms with van der Waals surface area (Å²) >= 11 is 1.17. The van der Waals surface area contributed by atoms with Gasteiger partial charge in [0.1, 0.15) is 5.82 Å². The molecule has 2 amide bonds. The van der Waals surface area contributed by atoms with E-state index in [2.05, 4.69) is 25.6 Å². The van der Waals surface area contributed by atoms with Crippen molar-refractivity contribution in [2.24, 2.45) is 7.05 Å². The number of thioether (sulfide) groups is 1. The van der Waals surface area contributed by atoms with Gasteiger partial charge in [0.15, 0.2) is 11.0 Å². The van der Waals surface area contributed by atoms with Crippen LogP contribution in [0.4, 0.5) is 10.1 Å². The van der Waals surface area contributed by atoms with Crippen molar-refractivity contribution >= 4 is 35.2 Å².